The number of amides is 2. The normalized spacial score (nSPS) is 13.9. The Bertz CT molecular complexity index is 938. The number of carbonyl (C=O) groups excluding carboxylic acids is 2. The van der Waals surface area contributed by atoms with Crippen LogP contribution in [-0.2, 0) is 9.59 Å². The van der Waals surface area contributed by atoms with Gasteiger partial charge in [-0.25, -0.2) is 0 Å². The van der Waals surface area contributed by atoms with Gasteiger partial charge in [-0.3, -0.25) is 9.59 Å². The summed E-state index contributed by atoms with van der Waals surface area (Å²) in [5.74, 6) is -0.108. The molecule has 0 radical (unpaired) electrons. The number of hydrogen-bond donors (Lipinski definition) is 1. The zero-order chi connectivity index (χ0) is 21.0. The molecule has 3 rings (SSSR count). The van der Waals surface area contributed by atoms with E-state index in [2.05, 4.69) is 11.9 Å². The second kappa shape index (κ2) is 9.33. The van der Waals surface area contributed by atoms with E-state index in [9.17, 15) is 9.59 Å². The summed E-state index contributed by atoms with van der Waals surface area (Å²) in [5.41, 5.74) is 3.43. The van der Waals surface area contributed by atoms with Crippen LogP contribution in [0.3, 0.4) is 0 Å². The minimum atomic E-state index is -0.0980. The number of nitrogens with zero attached hydrogens (tertiary/aromatic N) is 2. The van der Waals surface area contributed by atoms with E-state index in [0.29, 0.717) is 36.2 Å². The molecule has 1 saturated heterocycles. The SMILES string of the molecule is C=CC(=O)N1CCN(C(=O)CNc2cc(-c3ccccc3Cl)c(Cl)cc2C)CC1. The molecule has 1 fully saturated rings. The molecule has 0 aromatic heterocycles. The minimum Gasteiger partial charge on any atom is -0.376 e. The summed E-state index contributed by atoms with van der Waals surface area (Å²) in [4.78, 5) is 27.7. The summed E-state index contributed by atoms with van der Waals surface area (Å²) in [7, 11) is 0. The molecule has 2 aromatic rings. The van der Waals surface area contributed by atoms with Gasteiger partial charge in [-0.2, -0.15) is 0 Å². The Morgan fingerprint density at radius 3 is 2.34 bits per heavy atom. The highest BCUT2D eigenvalue weighted by Gasteiger charge is 2.22. The van der Waals surface area contributed by atoms with Gasteiger partial charge in [-0.1, -0.05) is 48.0 Å². The molecule has 1 N–H and O–H groups in total. The maximum atomic E-state index is 12.6. The molecule has 29 heavy (non-hydrogen) atoms. The predicted octanol–water partition coefficient (Wildman–Crippen LogP) is 4.24. The quantitative estimate of drug-likeness (QED) is 0.720. The number of hydrogen-bond acceptors (Lipinski definition) is 3. The Kier molecular flexibility index (Phi) is 6.83. The first-order chi connectivity index (χ1) is 13.9. The molecule has 1 aliphatic heterocycles. The summed E-state index contributed by atoms with van der Waals surface area (Å²) >= 11 is 12.8. The maximum absolute atomic E-state index is 12.6. The third-order valence-electron chi connectivity index (χ3n) is 5.03. The lowest BCUT2D eigenvalue weighted by Gasteiger charge is -2.34. The number of piperazine rings is 1. The highest BCUT2D eigenvalue weighted by atomic mass is 35.5. The molecule has 1 heterocycles. The van der Waals surface area contributed by atoms with Gasteiger partial charge in [0.25, 0.3) is 0 Å². The van der Waals surface area contributed by atoms with Crippen molar-refractivity contribution in [2.24, 2.45) is 0 Å². The second-order valence-corrected chi connectivity index (χ2v) is 7.70. The van der Waals surface area contributed by atoms with Crippen LogP contribution in [0, 0.1) is 6.92 Å². The summed E-state index contributed by atoms with van der Waals surface area (Å²) in [5, 5.41) is 4.45. The molecule has 0 aliphatic carbocycles. The van der Waals surface area contributed by atoms with Crippen molar-refractivity contribution in [3.05, 3.63) is 64.7 Å². The summed E-state index contributed by atoms with van der Waals surface area (Å²) < 4.78 is 0. The van der Waals surface area contributed by atoms with Crippen LogP contribution in [-0.4, -0.2) is 54.3 Å². The topological polar surface area (TPSA) is 52.7 Å². The van der Waals surface area contributed by atoms with Crippen LogP contribution < -0.4 is 5.32 Å². The zero-order valence-corrected chi connectivity index (χ0v) is 17.8. The lowest BCUT2D eigenvalue weighted by atomic mass is 10.0. The Labute approximate surface area is 180 Å². The molecule has 0 spiro atoms. The first-order valence-corrected chi connectivity index (χ1v) is 10.1. The average Bonchev–Trinajstić information content (AvgIpc) is 2.73. The number of carbonyl (C=O) groups is 2. The molecule has 2 aromatic carbocycles. The van der Waals surface area contributed by atoms with E-state index in [0.717, 1.165) is 22.4 Å². The van der Waals surface area contributed by atoms with Gasteiger partial charge in [0.1, 0.15) is 0 Å². The Hall–Kier alpha value is -2.50. The Morgan fingerprint density at radius 2 is 1.69 bits per heavy atom. The fourth-order valence-electron chi connectivity index (χ4n) is 3.34. The second-order valence-electron chi connectivity index (χ2n) is 6.89. The van der Waals surface area contributed by atoms with Crippen molar-refractivity contribution in [2.75, 3.05) is 38.0 Å². The van der Waals surface area contributed by atoms with Gasteiger partial charge < -0.3 is 15.1 Å². The fraction of sp³-hybridized carbons (Fsp3) is 0.273. The van der Waals surface area contributed by atoms with Crippen LogP contribution in [0.1, 0.15) is 5.56 Å². The fourth-order valence-corrected chi connectivity index (χ4v) is 3.89. The van der Waals surface area contributed by atoms with Gasteiger partial charge in [0.05, 0.1) is 6.54 Å². The molecule has 152 valence electrons. The smallest absolute Gasteiger partial charge is 0.246 e. The van der Waals surface area contributed by atoms with Crippen LogP contribution in [0.25, 0.3) is 11.1 Å². The van der Waals surface area contributed by atoms with E-state index in [1.54, 1.807) is 9.80 Å². The van der Waals surface area contributed by atoms with Crippen LogP contribution in [0.15, 0.2) is 49.1 Å². The van der Waals surface area contributed by atoms with Crippen molar-refractivity contribution < 1.29 is 9.59 Å². The first-order valence-electron chi connectivity index (χ1n) is 9.38. The zero-order valence-electron chi connectivity index (χ0n) is 16.3. The number of anilines is 1. The molecule has 0 atom stereocenters. The van der Waals surface area contributed by atoms with E-state index in [-0.39, 0.29) is 18.4 Å². The van der Waals surface area contributed by atoms with Crippen LogP contribution in [0.4, 0.5) is 5.69 Å². The van der Waals surface area contributed by atoms with Gasteiger partial charge in [0.15, 0.2) is 0 Å². The monoisotopic (exact) mass is 431 g/mol. The molecule has 5 nitrogen and oxygen atoms in total. The molecule has 0 bridgehead atoms. The largest absolute Gasteiger partial charge is 0.376 e. The van der Waals surface area contributed by atoms with Crippen molar-refractivity contribution in [3.8, 4) is 11.1 Å². The van der Waals surface area contributed by atoms with E-state index < -0.39 is 0 Å². The van der Waals surface area contributed by atoms with E-state index in [1.807, 2.05) is 43.3 Å². The summed E-state index contributed by atoms with van der Waals surface area (Å²) in [6, 6.07) is 11.3. The van der Waals surface area contributed by atoms with E-state index >= 15 is 0 Å². The molecule has 7 heteroatoms. The number of nitrogens with one attached hydrogen (secondary N) is 1. The lowest BCUT2D eigenvalue weighted by molar-refractivity contribution is -0.135. The molecular formula is C22H23Cl2N3O2. The van der Waals surface area contributed by atoms with Crippen LogP contribution in [0.5, 0.6) is 0 Å². The van der Waals surface area contributed by atoms with Crippen molar-refractivity contribution in [3.63, 3.8) is 0 Å². The molecule has 1 aliphatic rings. The van der Waals surface area contributed by atoms with Crippen molar-refractivity contribution >= 4 is 40.7 Å². The average molecular weight is 432 g/mol. The predicted molar refractivity (Wildman–Crippen MR) is 118 cm³/mol. The van der Waals surface area contributed by atoms with Crippen LogP contribution >= 0.6 is 23.2 Å². The standard InChI is InChI=1S/C22H23Cl2N3O2/c1-3-21(28)26-8-10-27(11-9-26)22(29)14-25-20-13-17(19(24)12-15(20)2)16-6-4-5-7-18(16)23/h3-7,12-13,25H,1,8-11,14H2,2H3. The summed E-state index contributed by atoms with van der Waals surface area (Å²) in [6.07, 6.45) is 1.30. The first kappa shape index (κ1) is 21.2. The third-order valence-corrected chi connectivity index (χ3v) is 5.67. The molecule has 2 amide bonds. The van der Waals surface area contributed by atoms with E-state index in [4.69, 9.17) is 23.2 Å². The number of rotatable bonds is 5. The molecule has 0 unspecified atom stereocenters. The summed E-state index contributed by atoms with van der Waals surface area (Å²) in [6.45, 7) is 7.69. The lowest BCUT2D eigenvalue weighted by Crippen LogP contribution is -2.51. The maximum Gasteiger partial charge on any atom is 0.246 e. The molecular weight excluding hydrogens is 409 g/mol. The number of halogens is 2. The van der Waals surface area contributed by atoms with Crippen molar-refractivity contribution in [2.45, 2.75) is 6.92 Å². The van der Waals surface area contributed by atoms with Crippen molar-refractivity contribution in [1.29, 1.82) is 0 Å². The van der Waals surface area contributed by atoms with Gasteiger partial charge in [-0.15, -0.1) is 0 Å². The Balaban J connectivity index is 1.67. The van der Waals surface area contributed by atoms with Gasteiger partial charge >= 0.3 is 0 Å². The van der Waals surface area contributed by atoms with Crippen LogP contribution in [0.2, 0.25) is 10.0 Å². The van der Waals surface area contributed by atoms with Gasteiger partial charge in [0, 0.05) is 53.0 Å². The minimum absolute atomic E-state index is 0.00987. The van der Waals surface area contributed by atoms with Crippen molar-refractivity contribution in [1.82, 2.24) is 9.80 Å². The highest BCUT2D eigenvalue weighted by Crippen LogP contribution is 2.36. The number of benzene rings is 2. The van der Waals surface area contributed by atoms with Gasteiger partial charge in [-0.05, 0) is 36.8 Å². The Morgan fingerprint density at radius 1 is 1.03 bits per heavy atom. The highest BCUT2D eigenvalue weighted by molar-refractivity contribution is 6.36. The van der Waals surface area contributed by atoms with E-state index in [1.165, 1.54) is 6.08 Å². The van der Waals surface area contributed by atoms with Gasteiger partial charge in [0.2, 0.25) is 11.8 Å². The third kappa shape index (κ3) is 4.92. The molecule has 0 saturated carbocycles. The number of aryl methyl sites for hydroxylation is 1.